The average Bonchev–Trinajstić information content (AvgIpc) is 2.17. The molecule has 0 aliphatic carbocycles. The normalized spacial score (nSPS) is 20.3. The van der Waals surface area contributed by atoms with E-state index in [0.717, 1.165) is 18.9 Å². The Morgan fingerprint density at radius 2 is 2.13 bits per heavy atom. The maximum Gasteiger partial charge on any atom is 0.151 e. The van der Waals surface area contributed by atoms with Crippen molar-refractivity contribution in [2.75, 3.05) is 18.0 Å². The molecule has 0 bridgehead atoms. The van der Waals surface area contributed by atoms with Gasteiger partial charge < -0.3 is 4.90 Å². The largest absolute Gasteiger partial charge is 0.355 e. The number of rotatable bonds is 1. The number of aromatic nitrogens is 2. The number of hydrogen-bond acceptors (Lipinski definition) is 3. The summed E-state index contributed by atoms with van der Waals surface area (Å²) < 4.78 is 0. The molecule has 0 amide bonds. The molecule has 0 spiro atoms. The van der Waals surface area contributed by atoms with Crippen LogP contribution in [0.15, 0.2) is 12.1 Å². The molecular formula is C11H16ClN3. The Morgan fingerprint density at radius 3 is 2.73 bits per heavy atom. The van der Waals surface area contributed by atoms with Crippen molar-refractivity contribution in [3.63, 3.8) is 0 Å². The second-order valence-corrected chi connectivity index (χ2v) is 5.29. The molecule has 0 saturated carbocycles. The zero-order valence-corrected chi connectivity index (χ0v) is 9.96. The second kappa shape index (κ2) is 3.97. The SMILES string of the molecule is CC1(C)CCCN(c2ccc(Cl)nn2)C1. The Hall–Kier alpha value is -0.830. The van der Waals surface area contributed by atoms with Crippen molar-refractivity contribution in [3.8, 4) is 0 Å². The molecule has 0 unspecified atom stereocenters. The van der Waals surface area contributed by atoms with Crippen LogP contribution in [-0.2, 0) is 0 Å². The Morgan fingerprint density at radius 1 is 1.33 bits per heavy atom. The van der Waals surface area contributed by atoms with Crippen molar-refractivity contribution in [1.82, 2.24) is 10.2 Å². The minimum atomic E-state index is 0.375. The van der Waals surface area contributed by atoms with Crippen molar-refractivity contribution in [3.05, 3.63) is 17.3 Å². The fourth-order valence-corrected chi connectivity index (χ4v) is 2.20. The summed E-state index contributed by atoms with van der Waals surface area (Å²) in [5.41, 5.74) is 0.375. The highest BCUT2D eigenvalue weighted by Gasteiger charge is 2.27. The zero-order valence-electron chi connectivity index (χ0n) is 9.20. The molecule has 3 nitrogen and oxygen atoms in total. The van der Waals surface area contributed by atoms with Crippen molar-refractivity contribution in [2.24, 2.45) is 5.41 Å². The van der Waals surface area contributed by atoms with Crippen LogP contribution in [0.3, 0.4) is 0 Å². The lowest BCUT2D eigenvalue weighted by atomic mass is 9.84. The molecule has 0 radical (unpaired) electrons. The molecule has 4 heteroatoms. The first kappa shape index (κ1) is 10.7. The second-order valence-electron chi connectivity index (χ2n) is 4.90. The Bertz CT molecular complexity index is 334. The molecule has 1 fully saturated rings. The highest BCUT2D eigenvalue weighted by molar-refractivity contribution is 6.29. The third-order valence-corrected chi connectivity index (χ3v) is 3.04. The molecule has 15 heavy (non-hydrogen) atoms. The summed E-state index contributed by atoms with van der Waals surface area (Å²) in [6.45, 7) is 6.70. The summed E-state index contributed by atoms with van der Waals surface area (Å²) in [5.74, 6) is 0.937. The van der Waals surface area contributed by atoms with Crippen LogP contribution in [0, 0.1) is 5.41 Å². The lowest BCUT2D eigenvalue weighted by Gasteiger charge is -2.38. The van der Waals surface area contributed by atoms with Crippen molar-refractivity contribution in [1.29, 1.82) is 0 Å². The van der Waals surface area contributed by atoms with Gasteiger partial charge in [-0.05, 0) is 30.4 Å². The highest BCUT2D eigenvalue weighted by Crippen LogP contribution is 2.30. The van der Waals surface area contributed by atoms with Crippen LogP contribution < -0.4 is 4.90 Å². The van der Waals surface area contributed by atoms with Crippen LogP contribution in [-0.4, -0.2) is 23.3 Å². The molecule has 2 heterocycles. The van der Waals surface area contributed by atoms with Crippen molar-refractivity contribution < 1.29 is 0 Å². The minimum absolute atomic E-state index is 0.375. The van der Waals surface area contributed by atoms with Gasteiger partial charge in [0.2, 0.25) is 0 Å². The number of nitrogens with zero attached hydrogens (tertiary/aromatic N) is 3. The summed E-state index contributed by atoms with van der Waals surface area (Å²) in [5, 5.41) is 8.44. The van der Waals surface area contributed by atoms with Crippen molar-refractivity contribution >= 4 is 17.4 Å². The van der Waals surface area contributed by atoms with Gasteiger partial charge in [-0.2, -0.15) is 0 Å². The summed E-state index contributed by atoms with van der Waals surface area (Å²) >= 11 is 5.71. The standard InChI is InChI=1S/C11H16ClN3/c1-11(2)6-3-7-15(8-11)10-5-4-9(12)13-14-10/h4-5H,3,6-8H2,1-2H3. The molecule has 0 N–H and O–H groups in total. The Balaban J connectivity index is 2.13. The first-order valence-electron chi connectivity index (χ1n) is 5.31. The zero-order chi connectivity index (χ0) is 10.9. The van der Waals surface area contributed by atoms with Gasteiger partial charge in [0.05, 0.1) is 0 Å². The fourth-order valence-electron chi connectivity index (χ4n) is 2.10. The van der Waals surface area contributed by atoms with Gasteiger partial charge in [-0.15, -0.1) is 10.2 Å². The fraction of sp³-hybridized carbons (Fsp3) is 0.636. The smallest absolute Gasteiger partial charge is 0.151 e. The van der Waals surface area contributed by atoms with Gasteiger partial charge in [-0.1, -0.05) is 25.4 Å². The maximum atomic E-state index is 5.71. The van der Waals surface area contributed by atoms with E-state index in [4.69, 9.17) is 11.6 Å². The Kier molecular flexibility index (Phi) is 2.83. The topological polar surface area (TPSA) is 29.0 Å². The van der Waals surface area contributed by atoms with Gasteiger partial charge in [0.15, 0.2) is 11.0 Å². The molecule has 0 atom stereocenters. The van der Waals surface area contributed by atoms with E-state index in [1.54, 1.807) is 6.07 Å². The predicted molar refractivity (Wildman–Crippen MR) is 62.3 cm³/mol. The van der Waals surface area contributed by atoms with Crippen LogP contribution in [0.25, 0.3) is 0 Å². The average molecular weight is 226 g/mol. The summed E-state index contributed by atoms with van der Waals surface area (Å²) in [6.07, 6.45) is 2.50. The quantitative estimate of drug-likeness (QED) is 0.736. The summed E-state index contributed by atoms with van der Waals surface area (Å²) in [7, 11) is 0. The van der Waals surface area contributed by atoms with Crippen LogP contribution >= 0.6 is 11.6 Å². The first-order chi connectivity index (χ1) is 7.07. The van der Waals surface area contributed by atoms with E-state index in [9.17, 15) is 0 Å². The first-order valence-corrected chi connectivity index (χ1v) is 5.69. The lowest BCUT2D eigenvalue weighted by Crippen LogP contribution is -2.40. The van der Waals surface area contributed by atoms with Gasteiger partial charge in [-0.3, -0.25) is 0 Å². The van der Waals surface area contributed by atoms with Gasteiger partial charge in [0.25, 0.3) is 0 Å². The third-order valence-electron chi connectivity index (χ3n) is 2.84. The summed E-state index contributed by atoms with van der Waals surface area (Å²) in [6, 6.07) is 3.74. The maximum absolute atomic E-state index is 5.71. The van der Waals surface area contributed by atoms with E-state index in [1.165, 1.54) is 12.8 Å². The molecule has 2 rings (SSSR count). The molecular weight excluding hydrogens is 210 g/mol. The van der Waals surface area contributed by atoms with E-state index in [0.29, 0.717) is 10.6 Å². The highest BCUT2D eigenvalue weighted by atomic mass is 35.5. The number of halogens is 1. The van der Waals surface area contributed by atoms with Crippen LogP contribution in [0.4, 0.5) is 5.82 Å². The van der Waals surface area contributed by atoms with Crippen LogP contribution in [0.5, 0.6) is 0 Å². The van der Waals surface area contributed by atoms with Gasteiger partial charge >= 0.3 is 0 Å². The molecule has 1 aromatic rings. The van der Waals surface area contributed by atoms with E-state index in [2.05, 4.69) is 28.9 Å². The third kappa shape index (κ3) is 2.59. The lowest BCUT2D eigenvalue weighted by molar-refractivity contribution is 0.292. The summed E-state index contributed by atoms with van der Waals surface area (Å²) in [4.78, 5) is 2.28. The molecule has 1 aliphatic heterocycles. The number of hydrogen-bond donors (Lipinski definition) is 0. The Labute approximate surface area is 95.5 Å². The van der Waals surface area contributed by atoms with E-state index >= 15 is 0 Å². The van der Waals surface area contributed by atoms with E-state index < -0.39 is 0 Å². The molecule has 0 aromatic carbocycles. The van der Waals surface area contributed by atoms with E-state index in [-0.39, 0.29) is 0 Å². The number of piperidine rings is 1. The van der Waals surface area contributed by atoms with E-state index in [1.807, 2.05) is 6.07 Å². The predicted octanol–water partition coefficient (Wildman–Crippen LogP) is 2.76. The van der Waals surface area contributed by atoms with Gasteiger partial charge in [0.1, 0.15) is 0 Å². The molecule has 1 aliphatic rings. The molecule has 1 saturated heterocycles. The van der Waals surface area contributed by atoms with Crippen LogP contribution in [0.2, 0.25) is 5.15 Å². The monoisotopic (exact) mass is 225 g/mol. The minimum Gasteiger partial charge on any atom is -0.355 e. The van der Waals surface area contributed by atoms with Crippen molar-refractivity contribution in [2.45, 2.75) is 26.7 Å². The van der Waals surface area contributed by atoms with Crippen LogP contribution in [0.1, 0.15) is 26.7 Å². The van der Waals surface area contributed by atoms with Gasteiger partial charge in [-0.25, -0.2) is 0 Å². The molecule has 1 aromatic heterocycles. The number of anilines is 1. The van der Waals surface area contributed by atoms with Gasteiger partial charge in [0, 0.05) is 13.1 Å². The molecule has 82 valence electrons.